The Labute approximate surface area is 202 Å². The minimum absolute atomic E-state index is 0.139. The smallest absolute Gasteiger partial charge is 0.325 e. The molecule has 172 valence electrons. The second kappa shape index (κ2) is 10.7. The van der Waals surface area contributed by atoms with E-state index in [9.17, 15) is 9.59 Å². The van der Waals surface area contributed by atoms with E-state index in [1.54, 1.807) is 24.3 Å². The standard InChI is InChI=1S/C24H26ClN5O2S/c1-17-4-2-7-21(14-17)29-10-12-30(13-11-29)22(31)9-8-20-16-33-24(27-20)28-23(32)26-19-6-3-5-18(25)15-19/h2-7,14-16H,8-13H2,1H3,(H2,26,27,28,32). The molecule has 0 saturated carbocycles. The van der Waals surface area contributed by atoms with Crippen LogP contribution in [-0.4, -0.2) is 48.0 Å². The third-order valence-electron chi connectivity index (χ3n) is 5.45. The molecule has 7 nitrogen and oxygen atoms in total. The fraction of sp³-hybridized carbons (Fsp3) is 0.292. The number of rotatable bonds is 6. The average Bonchev–Trinajstić information content (AvgIpc) is 3.24. The average molecular weight is 484 g/mol. The lowest BCUT2D eigenvalue weighted by Crippen LogP contribution is -2.48. The first kappa shape index (κ1) is 23.1. The van der Waals surface area contributed by atoms with Crippen molar-refractivity contribution < 1.29 is 9.59 Å². The van der Waals surface area contributed by atoms with Gasteiger partial charge in [0.15, 0.2) is 5.13 Å². The molecule has 3 amide bonds. The number of hydrogen-bond donors (Lipinski definition) is 2. The van der Waals surface area contributed by atoms with Crippen LogP contribution in [0.4, 0.5) is 21.3 Å². The number of carbonyl (C=O) groups is 2. The predicted molar refractivity (Wildman–Crippen MR) is 135 cm³/mol. The van der Waals surface area contributed by atoms with Crippen LogP contribution < -0.4 is 15.5 Å². The Morgan fingerprint density at radius 2 is 1.85 bits per heavy atom. The molecule has 2 N–H and O–H groups in total. The lowest BCUT2D eigenvalue weighted by molar-refractivity contribution is -0.131. The summed E-state index contributed by atoms with van der Waals surface area (Å²) in [6.45, 7) is 5.21. The van der Waals surface area contributed by atoms with Gasteiger partial charge in [-0.25, -0.2) is 9.78 Å². The maximum absolute atomic E-state index is 12.7. The summed E-state index contributed by atoms with van der Waals surface area (Å²) in [5.74, 6) is 0.139. The zero-order valence-corrected chi connectivity index (χ0v) is 20.0. The molecule has 1 aromatic heterocycles. The number of nitrogens with one attached hydrogen (secondary N) is 2. The monoisotopic (exact) mass is 483 g/mol. The van der Waals surface area contributed by atoms with Gasteiger partial charge in [0.1, 0.15) is 0 Å². The van der Waals surface area contributed by atoms with E-state index < -0.39 is 0 Å². The highest BCUT2D eigenvalue weighted by Gasteiger charge is 2.21. The molecular formula is C24H26ClN5O2S. The topological polar surface area (TPSA) is 77.6 Å². The molecule has 2 aromatic carbocycles. The second-order valence-electron chi connectivity index (χ2n) is 7.94. The number of nitrogens with zero attached hydrogens (tertiary/aromatic N) is 3. The van der Waals surface area contributed by atoms with Crippen LogP contribution in [0.1, 0.15) is 17.7 Å². The van der Waals surface area contributed by atoms with Gasteiger partial charge in [0.25, 0.3) is 0 Å². The van der Waals surface area contributed by atoms with E-state index in [1.807, 2.05) is 10.3 Å². The van der Waals surface area contributed by atoms with Crippen molar-refractivity contribution in [2.24, 2.45) is 0 Å². The highest BCUT2D eigenvalue weighted by atomic mass is 35.5. The van der Waals surface area contributed by atoms with E-state index in [-0.39, 0.29) is 11.9 Å². The van der Waals surface area contributed by atoms with Crippen molar-refractivity contribution in [2.45, 2.75) is 19.8 Å². The van der Waals surface area contributed by atoms with Gasteiger partial charge in [-0.15, -0.1) is 11.3 Å². The lowest BCUT2D eigenvalue weighted by atomic mass is 10.1. The highest BCUT2D eigenvalue weighted by molar-refractivity contribution is 7.13. The van der Waals surface area contributed by atoms with Gasteiger partial charge in [-0.2, -0.15) is 0 Å². The first-order valence-electron chi connectivity index (χ1n) is 10.8. The summed E-state index contributed by atoms with van der Waals surface area (Å²) in [6, 6.07) is 15.0. The largest absolute Gasteiger partial charge is 0.368 e. The maximum atomic E-state index is 12.7. The molecule has 9 heteroatoms. The summed E-state index contributed by atoms with van der Waals surface area (Å²) < 4.78 is 0. The number of hydrogen-bond acceptors (Lipinski definition) is 5. The molecule has 0 aliphatic carbocycles. The maximum Gasteiger partial charge on any atom is 0.325 e. The van der Waals surface area contributed by atoms with Crippen molar-refractivity contribution >= 4 is 51.4 Å². The second-order valence-corrected chi connectivity index (χ2v) is 9.23. The first-order chi connectivity index (χ1) is 16.0. The van der Waals surface area contributed by atoms with E-state index in [4.69, 9.17) is 11.6 Å². The van der Waals surface area contributed by atoms with Crippen molar-refractivity contribution in [2.75, 3.05) is 41.7 Å². The summed E-state index contributed by atoms with van der Waals surface area (Å²) >= 11 is 7.27. The number of anilines is 3. The molecule has 0 radical (unpaired) electrons. The molecule has 1 saturated heterocycles. The third-order valence-corrected chi connectivity index (χ3v) is 6.49. The molecule has 0 bridgehead atoms. The van der Waals surface area contributed by atoms with E-state index in [2.05, 4.69) is 51.7 Å². The number of benzene rings is 2. The number of thiazole rings is 1. The normalized spacial score (nSPS) is 13.6. The van der Waals surface area contributed by atoms with Gasteiger partial charge in [0.05, 0.1) is 5.69 Å². The number of halogens is 1. The van der Waals surface area contributed by atoms with Gasteiger partial charge in [0, 0.05) is 54.4 Å². The number of aryl methyl sites for hydroxylation is 2. The van der Waals surface area contributed by atoms with Gasteiger partial charge in [0.2, 0.25) is 5.91 Å². The molecule has 1 aliphatic heterocycles. The van der Waals surface area contributed by atoms with Gasteiger partial charge in [-0.3, -0.25) is 10.1 Å². The summed E-state index contributed by atoms with van der Waals surface area (Å²) in [4.78, 5) is 33.5. The number of urea groups is 1. The molecule has 2 heterocycles. The first-order valence-corrected chi connectivity index (χ1v) is 12.1. The molecule has 1 fully saturated rings. The van der Waals surface area contributed by atoms with Gasteiger partial charge in [-0.05, 0) is 49.2 Å². The Kier molecular flexibility index (Phi) is 7.47. The lowest BCUT2D eigenvalue weighted by Gasteiger charge is -2.36. The van der Waals surface area contributed by atoms with Crippen LogP contribution in [0.2, 0.25) is 5.02 Å². The van der Waals surface area contributed by atoms with E-state index in [0.717, 1.165) is 31.9 Å². The molecular weight excluding hydrogens is 458 g/mol. The van der Waals surface area contributed by atoms with Gasteiger partial charge >= 0.3 is 6.03 Å². The van der Waals surface area contributed by atoms with Crippen molar-refractivity contribution in [1.82, 2.24) is 9.88 Å². The zero-order chi connectivity index (χ0) is 23.2. The summed E-state index contributed by atoms with van der Waals surface area (Å²) in [6.07, 6.45) is 0.952. The molecule has 1 aliphatic rings. The number of carbonyl (C=O) groups excluding carboxylic acids is 2. The quantitative estimate of drug-likeness (QED) is 0.515. The molecule has 33 heavy (non-hydrogen) atoms. The van der Waals surface area contributed by atoms with E-state index in [1.165, 1.54) is 22.6 Å². The Morgan fingerprint density at radius 1 is 1.06 bits per heavy atom. The predicted octanol–water partition coefficient (Wildman–Crippen LogP) is 5.03. The molecule has 3 aromatic rings. The Morgan fingerprint density at radius 3 is 2.61 bits per heavy atom. The van der Waals surface area contributed by atoms with Crippen LogP contribution in [0.3, 0.4) is 0 Å². The van der Waals surface area contributed by atoms with E-state index >= 15 is 0 Å². The van der Waals surface area contributed by atoms with Crippen molar-refractivity contribution in [1.29, 1.82) is 0 Å². The van der Waals surface area contributed by atoms with Crippen molar-refractivity contribution in [3.63, 3.8) is 0 Å². The SMILES string of the molecule is Cc1cccc(N2CCN(C(=O)CCc3csc(NC(=O)Nc4cccc(Cl)c4)n3)CC2)c1. The van der Waals surface area contributed by atoms with Crippen LogP contribution in [0.15, 0.2) is 53.9 Å². The summed E-state index contributed by atoms with van der Waals surface area (Å²) in [7, 11) is 0. The summed E-state index contributed by atoms with van der Waals surface area (Å²) in [5.41, 5.74) is 3.85. The van der Waals surface area contributed by atoms with Crippen molar-refractivity contribution in [3.05, 3.63) is 70.2 Å². The van der Waals surface area contributed by atoms with Crippen LogP contribution in [0, 0.1) is 6.92 Å². The Hall–Kier alpha value is -3.10. The van der Waals surface area contributed by atoms with Gasteiger partial charge in [-0.1, -0.05) is 29.8 Å². The number of piperazine rings is 1. The van der Waals surface area contributed by atoms with Crippen LogP contribution in [-0.2, 0) is 11.2 Å². The third kappa shape index (κ3) is 6.46. The minimum atomic E-state index is -0.388. The van der Waals surface area contributed by atoms with Crippen LogP contribution >= 0.6 is 22.9 Å². The number of aromatic nitrogens is 1. The fourth-order valence-corrected chi connectivity index (χ4v) is 4.67. The van der Waals surface area contributed by atoms with Crippen molar-refractivity contribution in [3.8, 4) is 0 Å². The zero-order valence-electron chi connectivity index (χ0n) is 18.4. The minimum Gasteiger partial charge on any atom is -0.368 e. The Bertz CT molecular complexity index is 1130. The molecule has 0 spiro atoms. The summed E-state index contributed by atoms with van der Waals surface area (Å²) in [5, 5.41) is 8.35. The number of amides is 3. The van der Waals surface area contributed by atoms with Gasteiger partial charge < -0.3 is 15.1 Å². The molecule has 0 unspecified atom stereocenters. The fourth-order valence-electron chi connectivity index (χ4n) is 3.74. The molecule has 4 rings (SSSR count). The molecule has 0 atom stereocenters. The van der Waals surface area contributed by atoms with E-state index in [0.29, 0.717) is 28.7 Å². The van der Waals surface area contributed by atoms with Crippen LogP contribution in [0.25, 0.3) is 0 Å². The highest BCUT2D eigenvalue weighted by Crippen LogP contribution is 2.20. The van der Waals surface area contributed by atoms with Crippen LogP contribution in [0.5, 0.6) is 0 Å². The Balaban J connectivity index is 1.21.